The van der Waals surface area contributed by atoms with Gasteiger partial charge in [-0.3, -0.25) is 0 Å². The summed E-state index contributed by atoms with van der Waals surface area (Å²) >= 11 is 0. The minimum atomic E-state index is 0.0508. The van der Waals surface area contributed by atoms with E-state index in [9.17, 15) is 0 Å². The predicted molar refractivity (Wildman–Crippen MR) is 93.2 cm³/mol. The molecule has 0 saturated carbocycles. The minimum absolute atomic E-state index is 0.0508. The molecule has 2 aromatic carbocycles. The molecule has 0 bridgehead atoms. The summed E-state index contributed by atoms with van der Waals surface area (Å²) in [5.41, 5.74) is 4.77. The quantitative estimate of drug-likeness (QED) is 0.526. The molecule has 1 heterocycles. The molecule has 0 fully saturated rings. The van der Waals surface area contributed by atoms with Gasteiger partial charge in [0.2, 0.25) is 0 Å². The highest BCUT2D eigenvalue weighted by Crippen LogP contribution is 2.33. The van der Waals surface area contributed by atoms with Crippen LogP contribution in [-0.2, 0) is 10.8 Å². The van der Waals surface area contributed by atoms with Crippen molar-refractivity contribution in [1.82, 2.24) is 4.98 Å². The number of aromatic nitrogens is 1. The molecular weight excluding hydrogens is 254 g/mol. The zero-order valence-corrected chi connectivity index (χ0v) is 13.9. The molecule has 1 aromatic heterocycles. The number of hydrogen-bond donors (Lipinski definition) is 1. The van der Waals surface area contributed by atoms with E-state index in [1.54, 1.807) is 0 Å². The molecule has 1 heteroatoms. The number of fused-ring (bicyclic) bond motifs is 3. The maximum Gasteiger partial charge on any atom is 0.0645 e. The molecule has 3 rings (SSSR count). The zero-order chi connectivity index (χ0) is 16.3. The van der Waals surface area contributed by atoms with Crippen LogP contribution < -0.4 is 0 Å². The van der Waals surface area contributed by atoms with Crippen molar-refractivity contribution in [3.63, 3.8) is 0 Å². The predicted octanol–water partition coefficient (Wildman–Crippen LogP) is 5.92. The molecule has 0 aliphatic heterocycles. The number of aromatic amines is 1. The number of nitrogens with one attached hydrogen (secondary N) is 1. The van der Waals surface area contributed by atoms with Gasteiger partial charge < -0.3 is 4.98 Å². The smallest absolute Gasteiger partial charge is 0.0645 e. The molecule has 0 amide bonds. The van der Waals surface area contributed by atoms with Crippen LogP contribution in [0.2, 0.25) is 0 Å². The van der Waals surface area contributed by atoms with Gasteiger partial charge in [-0.25, -0.2) is 0 Å². The van der Waals surface area contributed by atoms with Crippen LogP contribution >= 0.6 is 0 Å². The van der Waals surface area contributed by atoms with E-state index in [2.05, 4.69) is 70.8 Å². The lowest BCUT2D eigenvalue weighted by Crippen LogP contribution is -2.10. The average molecular weight is 280 g/mol. The van der Waals surface area contributed by atoms with Crippen molar-refractivity contribution in [2.75, 3.05) is 0 Å². The second-order valence-corrected chi connectivity index (χ2v) is 8.06. The third-order valence-electron chi connectivity index (χ3n) is 4.24. The van der Waals surface area contributed by atoms with E-state index >= 15 is 0 Å². The molecule has 21 heavy (non-hydrogen) atoms. The van der Waals surface area contributed by atoms with Gasteiger partial charge in [0.15, 0.2) is 0 Å². The van der Waals surface area contributed by atoms with Crippen molar-refractivity contribution in [2.45, 2.75) is 52.4 Å². The maximum absolute atomic E-state index is 8.36. The van der Waals surface area contributed by atoms with Crippen molar-refractivity contribution in [2.24, 2.45) is 0 Å². The monoisotopic (exact) mass is 280 g/mol. The Hall–Kier alpha value is -1.76. The van der Waals surface area contributed by atoms with Crippen molar-refractivity contribution >= 4 is 21.8 Å². The van der Waals surface area contributed by atoms with Gasteiger partial charge in [0, 0.05) is 21.8 Å². The van der Waals surface area contributed by atoms with E-state index < -0.39 is 0 Å². The number of benzene rings is 2. The van der Waals surface area contributed by atoms with Crippen LogP contribution in [-0.4, -0.2) is 4.98 Å². The molecule has 0 aliphatic rings. The normalized spacial score (nSPS) is 13.9. The Balaban J connectivity index is 2.37. The largest absolute Gasteiger partial charge is 0.355 e. The van der Waals surface area contributed by atoms with E-state index in [-0.39, 0.29) is 10.8 Å². The van der Waals surface area contributed by atoms with Gasteiger partial charge in [0.25, 0.3) is 0 Å². The maximum atomic E-state index is 8.36. The summed E-state index contributed by atoms with van der Waals surface area (Å²) in [6.45, 7) is 13.3. The first-order chi connectivity index (χ1) is 10.1. The Labute approximate surface area is 128 Å². The van der Waals surface area contributed by atoms with Crippen LogP contribution in [0, 0.1) is 0 Å². The van der Waals surface area contributed by atoms with Crippen LogP contribution in [0.25, 0.3) is 21.8 Å². The molecule has 0 unspecified atom stereocenters. The van der Waals surface area contributed by atoms with E-state index in [0.29, 0.717) is 6.04 Å². The second kappa shape index (κ2) is 4.37. The Kier molecular flexibility index (Phi) is 2.69. The molecule has 0 saturated heterocycles. The zero-order valence-electron chi connectivity index (χ0n) is 14.9. The highest BCUT2D eigenvalue weighted by Gasteiger charge is 2.17. The molecule has 3 aromatic rings. The van der Waals surface area contributed by atoms with Gasteiger partial charge in [-0.2, -0.15) is 0 Å². The fraction of sp³-hybridized carbons (Fsp3) is 0.400. The third-order valence-corrected chi connectivity index (χ3v) is 4.24. The Bertz CT molecular complexity index is 857. The van der Waals surface area contributed by atoms with Crippen molar-refractivity contribution in [1.29, 1.82) is 0 Å². The number of rotatable bonds is 0. The molecule has 1 nitrogen and oxygen atoms in total. The van der Waals surface area contributed by atoms with Gasteiger partial charge in [-0.15, -0.1) is 0 Å². The summed E-state index contributed by atoms with van der Waals surface area (Å²) in [7, 11) is 0. The highest BCUT2D eigenvalue weighted by atomic mass is 14.7. The Morgan fingerprint density at radius 3 is 1.86 bits per heavy atom. The first-order valence-corrected chi connectivity index (χ1v) is 7.64. The topological polar surface area (TPSA) is 15.8 Å². The summed E-state index contributed by atoms with van der Waals surface area (Å²) in [4.78, 5) is 3.42. The first kappa shape index (κ1) is 12.9. The number of hydrogen-bond acceptors (Lipinski definition) is 0. The van der Waals surface area contributed by atoms with Crippen molar-refractivity contribution < 1.29 is 1.37 Å². The first-order valence-electron chi connectivity index (χ1n) is 8.14. The Morgan fingerprint density at radius 2 is 1.29 bits per heavy atom. The fourth-order valence-electron chi connectivity index (χ4n) is 2.72. The van der Waals surface area contributed by atoms with Gasteiger partial charge >= 0.3 is 0 Å². The highest BCUT2D eigenvalue weighted by molar-refractivity contribution is 6.07. The summed E-state index contributed by atoms with van der Waals surface area (Å²) in [6.07, 6.45) is 0. The molecule has 0 aliphatic carbocycles. The van der Waals surface area contributed by atoms with E-state index in [0.717, 1.165) is 11.0 Å². The molecule has 1 N–H and O–H groups in total. The summed E-state index contributed by atoms with van der Waals surface area (Å²) in [5.74, 6) is 0. The summed E-state index contributed by atoms with van der Waals surface area (Å²) < 4.78 is 8.36. The summed E-state index contributed by atoms with van der Waals surface area (Å²) in [6, 6.07) is 11.4. The summed E-state index contributed by atoms with van der Waals surface area (Å²) in [5, 5.41) is 2.39. The standard InChI is InChI=1S/C20H25N/c1-19(2,3)13-7-9-17-15(11-13)16-12-14(20(4,5)6)8-10-18(16)21-17/h7-12,21H,1-6H3/i9D. The van der Waals surface area contributed by atoms with Crippen LogP contribution in [0.4, 0.5) is 0 Å². The molecule has 0 spiro atoms. The molecular formula is C20H25N. The van der Waals surface area contributed by atoms with E-state index in [1.165, 1.54) is 21.9 Å². The van der Waals surface area contributed by atoms with Gasteiger partial charge in [-0.1, -0.05) is 53.7 Å². The van der Waals surface area contributed by atoms with Gasteiger partial charge in [0.05, 0.1) is 1.37 Å². The van der Waals surface area contributed by atoms with Crippen LogP contribution in [0.5, 0.6) is 0 Å². The lowest BCUT2D eigenvalue weighted by Gasteiger charge is -2.19. The lowest BCUT2D eigenvalue weighted by atomic mass is 9.85. The van der Waals surface area contributed by atoms with Crippen LogP contribution in [0.15, 0.2) is 36.4 Å². The van der Waals surface area contributed by atoms with Gasteiger partial charge in [0.1, 0.15) is 0 Å². The van der Waals surface area contributed by atoms with Crippen molar-refractivity contribution in [3.8, 4) is 0 Å². The van der Waals surface area contributed by atoms with Gasteiger partial charge in [-0.05, 0) is 46.2 Å². The van der Waals surface area contributed by atoms with E-state index in [4.69, 9.17) is 1.37 Å². The van der Waals surface area contributed by atoms with Crippen LogP contribution in [0.3, 0.4) is 0 Å². The SMILES string of the molecule is [2H]c1cc(C(C)(C)C)cc2c1[nH]c1ccc(C(C)(C)C)cc12. The average Bonchev–Trinajstić information content (AvgIpc) is 2.75. The Morgan fingerprint density at radius 1 is 0.762 bits per heavy atom. The second-order valence-electron chi connectivity index (χ2n) is 8.06. The molecule has 0 radical (unpaired) electrons. The number of H-pyrrole nitrogens is 1. The minimum Gasteiger partial charge on any atom is -0.355 e. The molecule has 0 atom stereocenters. The van der Waals surface area contributed by atoms with Crippen molar-refractivity contribution in [3.05, 3.63) is 47.5 Å². The third kappa shape index (κ3) is 2.46. The molecule has 110 valence electrons. The fourth-order valence-corrected chi connectivity index (χ4v) is 2.72. The lowest BCUT2D eigenvalue weighted by molar-refractivity contribution is 0.590. The van der Waals surface area contributed by atoms with E-state index in [1.807, 2.05) is 6.07 Å². The van der Waals surface area contributed by atoms with Crippen LogP contribution in [0.1, 0.15) is 54.0 Å².